The van der Waals surface area contributed by atoms with Crippen molar-refractivity contribution in [1.82, 2.24) is 19.5 Å². The lowest BCUT2D eigenvalue weighted by atomic mass is 10.0. The number of hydrogen-bond donors (Lipinski definition) is 0. The number of furan rings is 1. The van der Waals surface area contributed by atoms with Crippen molar-refractivity contribution < 1.29 is 4.42 Å². The standard InChI is InChI=1S/C57H32N4OS/c1-2-13-35-27-38(22-21-33(35)11-1)55-58-56(39-24-26-52-44(29-39)42-17-8-10-20-51(42)63-52)60-57(59-55)40-31-48(54-43-18-7-9-19-49(43)62-50(54)32-40)61-46-25-23-34-12-5-6-16-41(34)53(46)45-28-36-14-3-4-15-37(36)30-47(45)61/h1-32H. The zero-order valence-electron chi connectivity index (χ0n) is 33.6. The smallest absolute Gasteiger partial charge is 0.164 e. The van der Waals surface area contributed by atoms with Crippen molar-refractivity contribution in [3.63, 3.8) is 0 Å². The summed E-state index contributed by atoms with van der Waals surface area (Å²) < 4.78 is 11.7. The van der Waals surface area contributed by atoms with Crippen LogP contribution in [0.3, 0.4) is 0 Å². The SMILES string of the molecule is c1ccc2cc(-c3nc(-c4cc(-n5c6cc7ccccc7cc6c6c7ccccc7ccc65)c5c(c4)oc4ccccc45)nc(-c4ccc5sc6ccccc6c5c4)n3)ccc2c1. The number of fused-ring (bicyclic) bond motifs is 13. The predicted octanol–water partition coefficient (Wildman–Crippen LogP) is 15.7. The maximum atomic E-state index is 6.79. The highest BCUT2D eigenvalue weighted by atomic mass is 32.1. The molecule has 0 spiro atoms. The van der Waals surface area contributed by atoms with Crippen molar-refractivity contribution in [1.29, 1.82) is 0 Å². The van der Waals surface area contributed by atoms with Crippen LogP contribution in [-0.4, -0.2) is 19.5 Å². The molecule has 0 saturated heterocycles. The molecule has 5 nitrogen and oxygen atoms in total. The largest absolute Gasteiger partial charge is 0.456 e. The molecule has 292 valence electrons. The molecular formula is C57H32N4OS. The fraction of sp³-hybridized carbons (Fsp3) is 0. The van der Waals surface area contributed by atoms with Gasteiger partial charge in [0.15, 0.2) is 17.5 Å². The fourth-order valence-electron chi connectivity index (χ4n) is 9.83. The second kappa shape index (κ2) is 13.2. The van der Waals surface area contributed by atoms with E-state index in [4.69, 9.17) is 19.4 Å². The van der Waals surface area contributed by atoms with Crippen LogP contribution in [0.2, 0.25) is 0 Å². The van der Waals surface area contributed by atoms with Gasteiger partial charge in [0.05, 0.1) is 22.1 Å². The van der Waals surface area contributed by atoms with E-state index in [0.717, 1.165) is 66.1 Å². The molecule has 0 N–H and O–H groups in total. The first kappa shape index (κ1) is 34.5. The molecule has 0 fully saturated rings. The van der Waals surface area contributed by atoms with Crippen LogP contribution in [-0.2, 0) is 0 Å². The Morgan fingerprint density at radius 3 is 1.78 bits per heavy atom. The van der Waals surface area contributed by atoms with Crippen LogP contribution in [0.25, 0.3) is 136 Å². The van der Waals surface area contributed by atoms with Crippen molar-refractivity contribution >= 4 is 108 Å². The van der Waals surface area contributed by atoms with Gasteiger partial charge in [-0.05, 0) is 99.0 Å². The molecule has 0 amide bonds. The average Bonchev–Trinajstić information content (AvgIpc) is 4.02. The van der Waals surface area contributed by atoms with Crippen LogP contribution in [0, 0.1) is 0 Å². The molecule has 0 atom stereocenters. The molecule has 4 heterocycles. The Morgan fingerprint density at radius 2 is 0.952 bits per heavy atom. The molecule has 10 aromatic carbocycles. The second-order valence-electron chi connectivity index (χ2n) is 16.4. The van der Waals surface area contributed by atoms with Gasteiger partial charge in [-0.2, -0.15) is 0 Å². The van der Waals surface area contributed by atoms with Crippen molar-refractivity contribution in [2.75, 3.05) is 0 Å². The molecule has 14 aromatic rings. The van der Waals surface area contributed by atoms with E-state index in [0.29, 0.717) is 17.5 Å². The number of thiophene rings is 1. The lowest BCUT2D eigenvalue weighted by Crippen LogP contribution is -2.01. The Kier molecular flexibility index (Phi) is 7.21. The van der Waals surface area contributed by atoms with E-state index < -0.39 is 0 Å². The molecule has 0 aliphatic rings. The van der Waals surface area contributed by atoms with Gasteiger partial charge >= 0.3 is 0 Å². The lowest BCUT2D eigenvalue weighted by Gasteiger charge is -2.14. The van der Waals surface area contributed by atoms with Gasteiger partial charge in [0.2, 0.25) is 0 Å². The van der Waals surface area contributed by atoms with Gasteiger partial charge in [-0.3, -0.25) is 0 Å². The van der Waals surface area contributed by atoms with E-state index in [1.54, 1.807) is 11.3 Å². The van der Waals surface area contributed by atoms with E-state index in [2.05, 4.69) is 193 Å². The molecule has 0 radical (unpaired) electrons. The highest BCUT2D eigenvalue weighted by molar-refractivity contribution is 7.25. The molecule has 6 heteroatoms. The van der Waals surface area contributed by atoms with Crippen molar-refractivity contribution in [3.8, 4) is 39.9 Å². The van der Waals surface area contributed by atoms with E-state index in [-0.39, 0.29) is 0 Å². The van der Waals surface area contributed by atoms with Crippen LogP contribution in [0.5, 0.6) is 0 Å². The van der Waals surface area contributed by atoms with E-state index in [1.807, 2.05) is 6.07 Å². The number of hydrogen-bond acceptors (Lipinski definition) is 5. The first-order valence-electron chi connectivity index (χ1n) is 21.2. The first-order chi connectivity index (χ1) is 31.2. The normalized spacial score (nSPS) is 12.1. The van der Waals surface area contributed by atoms with Gasteiger partial charge in [-0.25, -0.2) is 15.0 Å². The van der Waals surface area contributed by atoms with E-state index >= 15 is 0 Å². The highest BCUT2D eigenvalue weighted by Crippen LogP contribution is 2.44. The van der Waals surface area contributed by atoms with Crippen LogP contribution >= 0.6 is 11.3 Å². The minimum Gasteiger partial charge on any atom is -0.456 e. The third-order valence-electron chi connectivity index (χ3n) is 12.8. The Morgan fingerprint density at radius 1 is 0.349 bits per heavy atom. The zero-order chi connectivity index (χ0) is 41.2. The molecule has 14 rings (SSSR count). The summed E-state index contributed by atoms with van der Waals surface area (Å²) in [5, 5.41) is 14.0. The lowest BCUT2D eigenvalue weighted by molar-refractivity contribution is 0.669. The average molecular weight is 821 g/mol. The van der Waals surface area contributed by atoms with E-state index in [1.165, 1.54) is 52.5 Å². The Labute approximate surface area is 363 Å². The van der Waals surface area contributed by atoms with Crippen LogP contribution in [0.1, 0.15) is 0 Å². The summed E-state index contributed by atoms with van der Waals surface area (Å²) in [6.07, 6.45) is 0. The summed E-state index contributed by atoms with van der Waals surface area (Å²) in [5.41, 5.74) is 7.52. The maximum Gasteiger partial charge on any atom is 0.164 e. The molecule has 0 aliphatic carbocycles. The summed E-state index contributed by atoms with van der Waals surface area (Å²) in [4.78, 5) is 15.9. The van der Waals surface area contributed by atoms with Gasteiger partial charge in [-0.15, -0.1) is 11.3 Å². The van der Waals surface area contributed by atoms with Crippen LogP contribution in [0.15, 0.2) is 199 Å². The number of aromatic nitrogens is 4. The second-order valence-corrected chi connectivity index (χ2v) is 17.5. The monoisotopic (exact) mass is 820 g/mol. The zero-order valence-corrected chi connectivity index (χ0v) is 34.4. The summed E-state index contributed by atoms with van der Waals surface area (Å²) in [7, 11) is 0. The fourth-order valence-corrected chi connectivity index (χ4v) is 10.9. The summed E-state index contributed by atoms with van der Waals surface area (Å²) >= 11 is 1.81. The minimum absolute atomic E-state index is 0.568. The number of para-hydroxylation sites is 1. The first-order valence-corrected chi connectivity index (χ1v) is 22.0. The summed E-state index contributed by atoms with van der Waals surface area (Å²) in [6.45, 7) is 0. The minimum atomic E-state index is 0.568. The van der Waals surface area contributed by atoms with Crippen LogP contribution < -0.4 is 0 Å². The quantitative estimate of drug-likeness (QED) is 0.177. The Bertz CT molecular complexity index is 4230. The third-order valence-corrected chi connectivity index (χ3v) is 13.9. The number of benzene rings is 10. The van der Waals surface area contributed by atoms with Gasteiger partial charge < -0.3 is 8.98 Å². The molecule has 4 aromatic heterocycles. The molecule has 0 bridgehead atoms. The van der Waals surface area contributed by atoms with Crippen molar-refractivity contribution in [3.05, 3.63) is 194 Å². The van der Waals surface area contributed by atoms with Gasteiger partial charge in [-0.1, -0.05) is 127 Å². The Balaban J connectivity index is 1.08. The van der Waals surface area contributed by atoms with Gasteiger partial charge in [0.1, 0.15) is 11.2 Å². The van der Waals surface area contributed by atoms with Gasteiger partial charge in [0.25, 0.3) is 0 Å². The molecule has 0 saturated carbocycles. The Hall–Kier alpha value is -8.19. The van der Waals surface area contributed by atoms with Gasteiger partial charge in [0, 0.05) is 53.0 Å². The highest BCUT2D eigenvalue weighted by Gasteiger charge is 2.23. The van der Waals surface area contributed by atoms with Crippen molar-refractivity contribution in [2.45, 2.75) is 0 Å². The third kappa shape index (κ3) is 5.25. The molecule has 0 aliphatic heterocycles. The van der Waals surface area contributed by atoms with E-state index in [9.17, 15) is 0 Å². The molecule has 0 unspecified atom stereocenters. The van der Waals surface area contributed by atoms with Crippen molar-refractivity contribution in [2.24, 2.45) is 0 Å². The van der Waals surface area contributed by atoms with Crippen LogP contribution in [0.4, 0.5) is 0 Å². The summed E-state index contributed by atoms with van der Waals surface area (Å²) in [5.74, 6) is 1.79. The topological polar surface area (TPSA) is 56.7 Å². The number of rotatable bonds is 4. The summed E-state index contributed by atoms with van der Waals surface area (Å²) in [6, 6.07) is 69.2. The molecular weight excluding hydrogens is 789 g/mol. The number of nitrogens with zero attached hydrogens (tertiary/aromatic N) is 4. The maximum absolute atomic E-state index is 6.79. The molecule has 63 heavy (non-hydrogen) atoms. The predicted molar refractivity (Wildman–Crippen MR) is 263 cm³/mol.